The Morgan fingerprint density at radius 1 is 0.957 bits per heavy atom. The van der Waals surface area contributed by atoms with Gasteiger partial charge in [0.05, 0.1) is 5.56 Å². The number of para-hydroxylation sites is 1. The molecule has 0 saturated carbocycles. The van der Waals surface area contributed by atoms with Crippen molar-refractivity contribution in [3.05, 3.63) is 60.2 Å². The van der Waals surface area contributed by atoms with E-state index in [4.69, 9.17) is 0 Å². The first-order valence-corrected chi connectivity index (χ1v) is 9.62. The minimum absolute atomic E-state index is 0.0255. The molecule has 0 saturated heterocycles. The number of hydrogen-bond acceptors (Lipinski definition) is 5. The molecule has 1 amide bonds. The number of amides is 1. The van der Waals surface area contributed by atoms with E-state index in [0.717, 1.165) is 0 Å². The molecule has 120 valence electrons. The maximum Gasteiger partial charge on any atom is 0.270 e. The molecule has 23 heavy (non-hydrogen) atoms. The van der Waals surface area contributed by atoms with Crippen molar-refractivity contribution < 1.29 is 21.6 Å². The summed E-state index contributed by atoms with van der Waals surface area (Å²) in [5, 5.41) is 0. The Balaban J connectivity index is 1.91. The van der Waals surface area contributed by atoms with Crippen LogP contribution in [0.15, 0.2) is 59.5 Å². The Bertz CT molecular complexity index is 969. The molecule has 2 aromatic carbocycles. The third kappa shape index (κ3) is 2.80. The maximum absolute atomic E-state index is 12.3. The summed E-state index contributed by atoms with van der Waals surface area (Å²) in [6, 6.07) is 13.6. The van der Waals surface area contributed by atoms with Crippen LogP contribution in [0.1, 0.15) is 10.4 Å². The van der Waals surface area contributed by atoms with Gasteiger partial charge in [0.1, 0.15) is 4.90 Å². The first kappa shape index (κ1) is 15.5. The van der Waals surface area contributed by atoms with Crippen LogP contribution in [-0.4, -0.2) is 32.9 Å². The van der Waals surface area contributed by atoms with Crippen molar-refractivity contribution in [2.75, 3.05) is 10.6 Å². The Kier molecular flexibility index (Phi) is 3.61. The summed E-state index contributed by atoms with van der Waals surface area (Å²) in [5.41, 5.74) is 0.261. The van der Waals surface area contributed by atoms with Crippen molar-refractivity contribution in [1.82, 2.24) is 4.31 Å². The lowest BCUT2D eigenvalue weighted by atomic mass is 10.2. The van der Waals surface area contributed by atoms with Gasteiger partial charge < -0.3 is 0 Å². The van der Waals surface area contributed by atoms with Crippen LogP contribution < -0.4 is 4.72 Å². The highest BCUT2D eigenvalue weighted by atomic mass is 32.2. The largest absolute Gasteiger partial charge is 0.282 e. The smallest absolute Gasteiger partial charge is 0.270 e. The molecule has 0 unspecified atom stereocenters. The van der Waals surface area contributed by atoms with E-state index < -0.39 is 31.8 Å². The van der Waals surface area contributed by atoms with Crippen LogP contribution in [0.3, 0.4) is 0 Å². The van der Waals surface area contributed by atoms with Gasteiger partial charge in [-0.05, 0) is 24.3 Å². The average Bonchev–Trinajstić information content (AvgIpc) is 2.69. The summed E-state index contributed by atoms with van der Waals surface area (Å²) >= 11 is 0. The third-order valence-corrected chi connectivity index (χ3v) is 6.34. The van der Waals surface area contributed by atoms with E-state index in [1.54, 1.807) is 18.2 Å². The first-order valence-electron chi connectivity index (χ1n) is 6.53. The van der Waals surface area contributed by atoms with E-state index in [1.165, 1.54) is 36.4 Å². The molecule has 1 aliphatic heterocycles. The molecule has 0 aromatic heterocycles. The Labute approximate surface area is 133 Å². The van der Waals surface area contributed by atoms with Crippen molar-refractivity contribution in [2.24, 2.45) is 0 Å². The van der Waals surface area contributed by atoms with Crippen LogP contribution in [0.2, 0.25) is 0 Å². The molecule has 0 aliphatic carbocycles. The summed E-state index contributed by atoms with van der Waals surface area (Å²) in [6.45, 7) is 0. The van der Waals surface area contributed by atoms with E-state index in [1.807, 2.05) is 0 Å². The quantitative estimate of drug-likeness (QED) is 0.892. The van der Waals surface area contributed by atoms with Crippen LogP contribution in [-0.2, 0) is 20.0 Å². The predicted octanol–water partition coefficient (Wildman–Crippen LogP) is 1.23. The van der Waals surface area contributed by atoms with E-state index in [9.17, 15) is 21.6 Å². The normalized spacial score (nSPS) is 16.2. The van der Waals surface area contributed by atoms with Crippen molar-refractivity contribution in [3.63, 3.8) is 0 Å². The number of nitrogens with one attached hydrogen (secondary N) is 1. The van der Waals surface area contributed by atoms with Gasteiger partial charge in [0.15, 0.2) is 5.88 Å². The molecule has 1 aliphatic rings. The molecule has 0 radical (unpaired) electrons. The second-order valence-electron chi connectivity index (χ2n) is 4.87. The summed E-state index contributed by atoms with van der Waals surface area (Å²) in [5.74, 6) is -1.82. The van der Waals surface area contributed by atoms with E-state index in [-0.39, 0.29) is 16.1 Å². The molecule has 1 heterocycles. The molecule has 2 aromatic rings. The number of carbonyl (C=O) groups excluding carboxylic acids is 1. The highest BCUT2D eigenvalue weighted by molar-refractivity contribution is 7.95. The Hall–Kier alpha value is -2.39. The third-order valence-electron chi connectivity index (χ3n) is 3.25. The number of sulfonamides is 2. The zero-order valence-corrected chi connectivity index (χ0v) is 13.3. The molecule has 0 spiro atoms. The fraction of sp³-hybridized carbons (Fsp3) is 0.0714. The summed E-state index contributed by atoms with van der Waals surface area (Å²) in [4.78, 5) is 12.0. The minimum Gasteiger partial charge on any atom is -0.282 e. The second kappa shape index (κ2) is 5.36. The molecule has 3 rings (SSSR count). The molecule has 9 heteroatoms. The summed E-state index contributed by atoms with van der Waals surface area (Å²) in [6.07, 6.45) is 0. The summed E-state index contributed by atoms with van der Waals surface area (Å²) in [7, 11) is -8.22. The number of anilines is 1. The number of rotatable bonds is 4. The van der Waals surface area contributed by atoms with Crippen LogP contribution >= 0.6 is 0 Å². The van der Waals surface area contributed by atoms with Gasteiger partial charge >= 0.3 is 0 Å². The number of benzene rings is 2. The maximum atomic E-state index is 12.3. The van der Waals surface area contributed by atoms with Gasteiger partial charge in [-0.3, -0.25) is 9.52 Å². The number of hydrogen-bond donors (Lipinski definition) is 1. The molecule has 0 atom stereocenters. The highest BCUT2D eigenvalue weighted by Crippen LogP contribution is 2.30. The Morgan fingerprint density at radius 2 is 1.57 bits per heavy atom. The van der Waals surface area contributed by atoms with Gasteiger partial charge in [-0.15, -0.1) is 0 Å². The lowest BCUT2D eigenvalue weighted by Gasteiger charge is -2.16. The highest BCUT2D eigenvalue weighted by Gasteiger charge is 2.43. The molecular weight excluding hydrogens is 340 g/mol. The zero-order chi connectivity index (χ0) is 16.7. The van der Waals surface area contributed by atoms with Crippen LogP contribution in [0.5, 0.6) is 0 Å². The topological polar surface area (TPSA) is 101 Å². The fourth-order valence-electron chi connectivity index (χ4n) is 2.23. The SMILES string of the molecule is O=C1c2ccccc2S(=O)(=O)N1CS(=O)(=O)Nc1ccccc1. The van der Waals surface area contributed by atoms with Crippen molar-refractivity contribution >= 4 is 31.6 Å². The van der Waals surface area contributed by atoms with E-state index >= 15 is 0 Å². The van der Waals surface area contributed by atoms with E-state index in [2.05, 4.69) is 4.72 Å². The van der Waals surface area contributed by atoms with Crippen LogP contribution in [0.25, 0.3) is 0 Å². The van der Waals surface area contributed by atoms with Gasteiger partial charge in [-0.2, -0.15) is 0 Å². The Morgan fingerprint density at radius 3 is 2.22 bits per heavy atom. The molecule has 0 bridgehead atoms. The van der Waals surface area contributed by atoms with E-state index in [0.29, 0.717) is 4.31 Å². The predicted molar refractivity (Wildman–Crippen MR) is 83.6 cm³/mol. The van der Waals surface area contributed by atoms with Gasteiger partial charge in [0, 0.05) is 5.69 Å². The first-order chi connectivity index (χ1) is 10.8. The van der Waals surface area contributed by atoms with Gasteiger partial charge in [0.25, 0.3) is 26.0 Å². The fourth-order valence-corrected chi connectivity index (χ4v) is 5.43. The molecule has 1 N–H and O–H groups in total. The molecule has 7 nitrogen and oxygen atoms in total. The van der Waals surface area contributed by atoms with Gasteiger partial charge in [-0.1, -0.05) is 30.3 Å². The average molecular weight is 352 g/mol. The second-order valence-corrected chi connectivity index (χ2v) is 8.39. The van der Waals surface area contributed by atoms with Crippen molar-refractivity contribution in [2.45, 2.75) is 4.90 Å². The monoisotopic (exact) mass is 352 g/mol. The van der Waals surface area contributed by atoms with Gasteiger partial charge in [-0.25, -0.2) is 21.1 Å². The number of nitrogens with zero attached hydrogens (tertiary/aromatic N) is 1. The zero-order valence-electron chi connectivity index (χ0n) is 11.7. The van der Waals surface area contributed by atoms with Gasteiger partial charge in [0.2, 0.25) is 0 Å². The lowest BCUT2D eigenvalue weighted by Crippen LogP contribution is -2.37. The van der Waals surface area contributed by atoms with Crippen LogP contribution in [0, 0.1) is 0 Å². The van der Waals surface area contributed by atoms with Crippen molar-refractivity contribution in [1.29, 1.82) is 0 Å². The lowest BCUT2D eigenvalue weighted by molar-refractivity contribution is 0.0885. The molecule has 0 fully saturated rings. The van der Waals surface area contributed by atoms with Crippen LogP contribution in [0.4, 0.5) is 5.69 Å². The van der Waals surface area contributed by atoms with Crippen molar-refractivity contribution in [3.8, 4) is 0 Å². The standard InChI is InChI=1S/C14H12N2O5S2/c17-14-12-8-4-5-9-13(12)23(20,21)16(14)10-22(18,19)15-11-6-2-1-3-7-11/h1-9,15H,10H2. The molecular formula is C14H12N2O5S2. The summed E-state index contributed by atoms with van der Waals surface area (Å²) < 4.78 is 51.6. The number of fused-ring (bicyclic) bond motifs is 1. The minimum atomic E-state index is -4.16. The number of carbonyl (C=O) groups is 1.